The summed E-state index contributed by atoms with van der Waals surface area (Å²) >= 11 is 0. The number of anilines is 1. The number of carbonyl (C=O) groups is 3. The van der Waals surface area contributed by atoms with Gasteiger partial charge in [0.25, 0.3) is 0 Å². The highest BCUT2D eigenvalue weighted by Gasteiger charge is 2.69. The predicted octanol–water partition coefficient (Wildman–Crippen LogP) is 0.382. The van der Waals surface area contributed by atoms with Crippen molar-refractivity contribution in [3.05, 3.63) is 29.3 Å². The van der Waals surface area contributed by atoms with Crippen molar-refractivity contribution in [3.8, 4) is 0 Å². The summed E-state index contributed by atoms with van der Waals surface area (Å²) in [6.07, 6.45) is 0. The van der Waals surface area contributed by atoms with E-state index < -0.39 is 17.4 Å². The lowest BCUT2D eigenvalue weighted by Crippen LogP contribution is -2.53. The number of likely N-dealkylation sites (tertiary alicyclic amines) is 1. The van der Waals surface area contributed by atoms with Crippen molar-refractivity contribution in [2.75, 3.05) is 25.6 Å². The molecule has 0 radical (unpaired) electrons. The van der Waals surface area contributed by atoms with E-state index in [1.165, 1.54) is 12.0 Å². The molecule has 132 valence electrons. The van der Waals surface area contributed by atoms with Crippen molar-refractivity contribution in [1.29, 1.82) is 0 Å². The van der Waals surface area contributed by atoms with E-state index in [4.69, 9.17) is 4.74 Å². The van der Waals surface area contributed by atoms with Crippen molar-refractivity contribution >= 4 is 23.4 Å². The lowest BCUT2D eigenvalue weighted by atomic mass is 9.76. The van der Waals surface area contributed by atoms with Crippen molar-refractivity contribution < 1.29 is 19.1 Å². The zero-order valence-corrected chi connectivity index (χ0v) is 14.5. The lowest BCUT2D eigenvalue weighted by molar-refractivity contribution is -0.143. The number of aryl methyl sites for hydroxylation is 1. The number of ether oxygens (including phenoxy) is 1. The van der Waals surface area contributed by atoms with Gasteiger partial charge in [-0.25, -0.2) is 0 Å². The van der Waals surface area contributed by atoms with Crippen LogP contribution in [0.1, 0.15) is 18.1 Å². The van der Waals surface area contributed by atoms with Crippen LogP contribution in [0.5, 0.6) is 0 Å². The van der Waals surface area contributed by atoms with Crippen molar-refractivity contribution in [2.24, 2.45) is 11.8 Å². The first kappa shape index (κ1) is 16.2. The van der Waals surface area contributed by atoms with Gasteiger partial charge in [-0.15, -0.1) is 0 Å². The van der Waals surface area contributed by atoms with Crippen molar-refractivity contribution in [2.45, 2.75) is 25.4 Å². The first-order valence-corrected chi connectivity index (χ1v) is 8.46. The average molecular weight is 343 g/mol. The van der Waals surface area contributed by atoms with E-state index in [2.05, 4.69) is 10.6 Å². The van der Waals surface area contributed by atoms with Crippen LogP contribution in [0.25, 0.3) is 0 Å². The molecule has 3 aliphatic rings. The zero-order chi connectivity index (χ0) is 17.9. The van der Waals surface area contributed by atoms with Crippen LogP contribution in [0.2, 0.25) is 0 Å². The molecule has 4 unspecified atom stereocenters. The number of methoxy groups -OCH3 is 1. The maximum absolute atomic E-state index is 13.1. The molecule has 4 atom stereocenters. The molecular formula is C18H21N3O4. The zero-order valence-electron chi connectivity index (χ0n) is 14.5. The number of nitrogens with one attached hydrogen (secondary N) is 2. The molecule has 3 amide bonds. The topological polar surface area (TPSA) is 87.7 Å². The summed E-state index contributed by atoms with van der Waals surface area (Å²) < 4.78 is 5.02. The van der Waals surface area contributed by atoms with Gasteiger partial charge in [-0.05, 0) is 19.9 Å². The van der Waals surface area contributed by atoms with Crippen molar-refractivity contribution in [3.63, 3.8) is 0 Å². The van der Waals surface area contributed by atoms with E-state index in [1.807, 2.05) is 32.0 Å². The Labute approximate surface area is 145 Å². The van der Waals surface area contributed by atoms with Gasteiger partial charge in [0.05, 0.1) is 25.0 Å². The van der Waals surface area contributed by atoms with Crippen LogP contribution in [0.15, 0.2) is 18.2 Å². The molecule has 25 heavy (non-hydrogen) atoms. The molecular weight excluding hydrogens is 322 g/mol. The van der Waals surface area contributed by atoms with E-state index >= 15 is 0 Å². The Kier molecular flexibility index (Phi) is 3.49. The smallest absolute Gasteiger partial charge is 0.250 e. The molecule has 2 saturated heterocycles. The number of benzene rings is 1. The molecule has 2 fully saturated rings. The average Bonchev–Trinajstić information content (AvgIpc) is 3.12. The number of hydrogen-bond donors (Lipinski definition) is 2. The van der Waals surface area contributed by atoms with Gasteiger partial charge in [-0.3, -0.25) is 24.6 Å². The van der Waals surface area contributed by atoms with Crippen LogP contribution in [0.3, 0.4) is 0 Å². The maximum atomic E-state index is 13.1. The number of hydrogen-bond acceptors (Lipinski definition) is 5. The van der Waals surface area contributed by atoms with Gasteiger partial charge in [0.2, 0.25) is 17.7 Å². The van der Waals surface area contributed by atoms with Crippen LogP contribution in [-0.2, 0) is 24.7 Å². The Morgan fingerprint density at radius 2 is 2.00 bits per heavy atom. The van der Waals surface area contributed by atoms with Gasteiger partial charge >= 0.3 is 0 Å². The Morgan fingerprint density at radius 1 is 1.24 bits per heavy atom. The number of nitrogens with zero attached hydrogens (tertiary/aromatic N) is 1. The summed E-state index contributed by atoms with van der Waals surface area (Å²) in [7, 11) is 1.53. The monoisotopic (exact) mass is 343 g/mol. The summed E-state index contributed by atoms with van der Waals surface area (Å²) in [6.45, 7) is 4.30. The molecule has 3 aliphatic heterocycles. The number of rotatable bonds is 3. The molecule has 4 rings (SSSR count). The fraction of sp³-hybridized carbons (Fsp3) is 0.500. The largest absolute Gasteiger partial charge is 0.383 e. The second kappa shape index (κ2) is 5.37. The van der Waals surface area contributed by atoms with Crippen LogP contribution < -0.4 is 10.6 Å². The first-order valence-electron chi connectivity index (χ1n) is 8.46. The van der Waals surface area contributed by atoms with Gasteiger partial charge in [-0.2, -0.15) is 0 Å². The Balaban J connectivity index is 1.83. The number of fused-ring (bicyclic) bond motifs is 4. The second-order valence-corrected chi connectivity index (χ2v) is 7.07. The molecule has 2 N–H and O–H groups in total. The van der Waals surface area contributed by atoms with E-state index in [0.717, 1.165) is 11.1 Å². The van der Waals surface area contributed by atoms with E-state index in [-0.39, 0.29) is 36.9 Å². The third-order valence-corrected chi connectivity index (χ3v) is 5.63. The van der Waals surface area contributed by atoms with Gasteiger partial charge in [0.15, 0.2) is 0 Å². The highest BCUT2D eigenvalue weighted by Crippen LogP contribution is 2.52. The number of amides is 3. The SMILES string of the molecule is COCCN1C(=O)C2C(C)NC3(C(=O)Nc4ccc(C)cc43)C2C1=O. The molecule has 0 aliphatic carbocycles. The minimum Gasteiger partial charge on any atom is -0.383 e. The summed E-state index contributed by atoms with van der Waals surface area (Å²) in [5.41, 5.74) is 1.28. The van der Waals surface area contributed by atoms with Crippen LogP contribution in [0.4, 0.5) is 5.69 Å². The molecule has 1 aromatic rings. The van der Waals surface area contributed by atoms with Gasteiger partial charge < -0.3 is 10.1 Å². The third-order valence-electron chi connectivity index (χ3n) is 5.63. The minimum atomic E-state index is -1.18. The molecule has 3 heterocycles. The quantitative estimate of drug-likeness (QED) is 0.775. The van der Waals surface area contributed by atoms with E-state index in [0.29, 0.717) is 5.69 Å². The van der Waals surface area contributed by atoms with Gasteiger partial charge in [0.1, 0.15) is 5.54 Å². The van der Waals surface area contributed by atoms with Gasteiger partial charge in [0, 0.05) is 24.4 Å². The molecule has 0 saturated carbocycles. The summed E-state index contributed by atoms with van der Waals surface area (Å²) in [6, 6.07) is 5.41. The third kappa shape index (κ3) is 1.96. The Bertz CT molecular complexity index is 793. The van der Waals surface area contributed by atoms with Crippen LogP contribution >= 0.6 is 0 Å². The first-order chi connectivity index (χ1) is 11.9. The molecule has 7 nitrogen and oxygen atoms in total. The van der Waals surface area contributed by atoms with Crippen LogP contribution in [-0.4, -0.2) is 48.9 Å². The summed E-state index contributed by atoms with van der Waals surface area (Å²) in [4.78, 5) is 40.1. The van der Waals surface area contributed by atoms with E-state index in [9.17, 15) is 14.4 Å². The Morgan fingerprint density at radius 3 is 2.72 bits per heavy atom. The lowest BCUT2D eigenvalue weighted by Gasteiger charge is -2.29. The van der Waals surface area contributed by atoms with Crippen molar-refractivity contribution in [1.82, 2.24) is 10.2 Å². The van der Waals surface area contributed by atoms with Crippen LogP contribution in [0, 0.1) is 18.8 Å². The molecule has 0 bridgehead atoms. The Hall–Kier alpha value is -2.25. The fourth-order valence-electron chi connectivity index (χ4n) is 4.54. The highest BCUT2D eigenvalue weighted by molar-refractivity contribution is 6.15. The predicted molar refractivity (Wildman–Crippen MR) is 89.7 cm³/mol. The second-order valence-electron chi connectivity index (χ2n) is 7.07. The highest BCUT2D eigenvalue weighted by atomic mass is 16.5. The summed E-state index contributed by atoms with van der Waals surface area (Å²) in [5.74, 6) is -2.05. The fourth-order valence-corrected chi connectivity index (χ4v) is 4.54. The molecule has 1 aromatic carbocycles. The minimum absolute atomic E-state index is 0.215. The molecule has 1 spiro atoms. The standard InChI is InChI=1S/C18H21N3O4/c1-9-4-5-12-11(8-9)18(17(24)19-12)14-13(10(2)20-18)15(22)21(16(14)23)6-7-25-3/h4-5,8,10,13-14,20H,6-7H2,1-3H3,(H,19,24). The normalized spacial score (nSPS) is 33.2. The summed E-state index contributed by atoms with van der Waals surface area (Å²) in [5, 5.41) is 6.17. The molecule has 0 aromatic heterocycles. The maximum Gasteiger partial charge on any atom is 0.250 e. The van der Waals surface area contributed by atoms with Gasteiger partial charge in [-0.1, -0.05) is 17.7 Å². The number of imide groups is 1. The number of carbonyl (C=O) groups excluding carboxylic acids is 3. The van der Waals surface area contributed by atoms with E-state index in [1.54, 1.807) is 0 Å². The molecule has 7 heteroatoms.